The van der Waals surface area contributed by atoms with Gasteiger partial charge in [-0.25, -0.2) is 0 Å². The number of nitrogens with zero attached hydrogens (tertiary/aromatic N) is 3. The SMILES string of the molecule is Cc1nnc(C2CCN(C(=O)/C=C/c3cc4ccccc4[nH]c3=O)CC2)o1. The summed E-state index contributed by atoms with van der Waals surface area (Å²) in [6.07, 6.45) is 4.63. The van der Waals surface area contributed by atoms with Gasteiger partial charge in [0.2, 0.25) is 17.7 Å². The van der Waals surface area contributed by atoms with Crippen molar-refractivity contribution in [1.29, 1.82) is 0 Å². The fourth-order valence-electron chi connectivity index (χ4n) is 3.38. The number of benzene rings is 1. The molecule has 3 aromatic rings. The van der Waals surface area contributed by atoms with Gasteiger partial charge in [0.15, 0.2) is 0 Å². The summed E-state index contributed by atoms with van der Waals surface area (Å²) >= 11 is 0. The number of aromatic amines is 1. The molecule has 0 bridgehead atoms. The predicted molar refractivity (Wildman–Crippen MR) is 101 cm³/mol. The molecule has 27 heavy (non-hydrogen) atoms. The van der Waals surface area contributed by atoms with E-state index in [2.05, 4.69) is 15.2 Å². The van der Waals surface area contributed by atoms with E-state index in [4.69, 9.17) is 4.42 Å². The summed E-state index contributed by atoms with van der Waals surface area (Å²) in [5, 5.41) is 8.88. The number of carbonyl (C=O) groups excluding carboxylic acids is 1. The molecule has 0 atom stereocenters. The Morgan fingerprint density at radius 1 is 1.26 bits per heavy atom. The summed E-state index contributed by atoms with van der Waals surface area (Å²) in [6, 6.07) is 9.35. The van der Waals surface area contributed by atoms with Crippen LogP contribution in [0.15, 0.2) is 45.6 Å². The van der Waals surface area contributed by atoms with Crippen molar-refractivity contribution in [2.24, 2.45) is 0 Å². The molecule has 3 heterocycles. The molecule has 1 aliphatic heterocycles. The lowest BCUT2D eigenvalue weighted by molar-refractivity contribution is -0.127. The van der Waals surface area contributed by atoms with Crippen LogP contribution in [0.3, 0.4) is 0 Å². The molecular formula is C20H20N4O3. The molecule has 1 saturated heterocycles. The number of aryl methyl sites for hydroxylation is 1. The van der Waals surface area contributed by atoms with E-state index in [1.807, 2.05) is 24.3 Å². The smallest absolute Gasteiger partial charge is 0.255 e. The van der Waals surface area contributed by atoms with Crippen LogP contribution >= 0.6 is 0 Å². The van der Waals surface area contributed by atoms with Gasteiger partial charge in [-0.3, -0.25) is 9.59 Å². The van der Waals surface area contributed by atoms with E-state index in [0.29, 0.717) is 30.4 Å². The second-order valence-corrected chi connectivity index (χ2v) is 6.73. The van der Waals surface area contributed by atoms with E-state index < -0.39 is 0 Å². The first-order valence-electron chi connectivity index (χ1n) is 8.99. The number of aromatic nitrogens is 3. The van der Waals surface area contributed by atoms with Gasteiger partial charge < -0.3 is 14.3 Å². The van der Waals surface area contributed by atoms with Crippen LogP contribution in [0.25, 0.3) is 17.0 Å². The minimum absolute atomic E-state index is 0.0947. The number of fused-ring (bicyclic) bond motifs is 1. The van der Waals surface area contributed by atoms with Gasteiger partial charge in [-0.2, -0.15) is 0 Å². The van der Waals surface area contributed by atoms with Gasteiger partial charge in [-0.15, -0.1) is 10.2 Å². The van der Waals surface area contributed by atoms with E-state index in [1.54, 1.807) is 24.0 Å². The lowest BCUT2D eigenvalue weighted by Gasteiger charge is -2.29. The number of hydrogen-bond acceptors (Lipinski definition) is 5. The average Bonchev–Trinajstić information content (AvgIpc) is 3.12. The van der Waals surface area contributed by atoms with Crippen molar-refractivity contribution in [3.05, 3.63) is 64.1 Å². The third-order valence-electron chi connectivity index (χ3n) is 4.89. The standard InChI is InChI=1S/C20H20N4O3/c1-13-22-23-20(27-13)14-8-10-24(11-9-14)18(25)7-6-16-12-15-4-2-3-5-17(15)21-19(16)26/h2-7,12,14H,8-11H2,1H3,(H,21,26)/b7-6+. The highest BCUT2D eigenvalue weighted by atomic mass is 16.4. The first kappa shape index (κ1) is 17.2. The summed E-state index contributed by atoms with van der Waals surface area (Å²) in [7, 11) is 0. The second kappa shape index (κ2) is 7.19. The van der Waals surface area contributed by atoms with Crippen molar-refractivity contribution in [1.82, 2.24) is 20.1 Å². The van der Waals surface area contributed by atoms with Crippen molar-refractivity contribution < 1.29 is 9.21 Å². The predicted octanol–water partition coefficient (Wildman–Crippen LogP) is 2.64. The van der Waals surface area contributed by atoms with Gasteiger partial charge in [-0.05, 0) is 36.4 Å². The third-order valence-corrected chi connectivity index (χ3v) is 4.89. The maximum atomic E-state index is 12.5. The largest absolute Gasteiger partial charge is 0.425 e. The van der Waals surface area contributed by atoms with Crippen molar-refractivity contribution in [3.63, 3.8) is 0 Å². The third kappa shape index (κ3) is 3.67. The zero-order chi connectivity index (χ0) is 18.8. The minimum Gasteiger partial charge on any atom is -0.425 e. The number of nitrogens with one attached hydrogen (secondary N) is 1. The molecule has 1 aliphatic rings. The Kier molecular flexibility index (Phi) is 4.58. The van der Waals surface area contributed by atoms with Crippen LogP contribution in [-0.4, -0.2) is 39.1 Å². The number of amides is 1. The lowest BCUT2D eigenvalue weighted by Crippen LogP contribution is -2.37. The van der Waals surface area contributed by atoms with E-state index in [9.17, 15) is 9.59 Å². The molecule has 1 amide bonds. The molecule has 0 unspecified atom stereocenters. The van der Waals surface area contributed by atoms with Crippen LogP contribution in [0.4, 0.5) is 0 Å². The number of carbonyl (C=O) groups is 1. The Hall–Kier alpha value is -3.22. The lowest BCUT2D eigenvalue weighted by atomic mass is 9.97. The maximum Gasteiger partial charge on any atom is 0.255 e. The maximum absolute atomic E-state index is 12.5. The number of piperidine rings is 1. The van der Waals surface area contributed by atoms with Crippen LogP contribution in [0, 0.1) is 6.92 Å². The average molecular weight is 364 g/mol. The highest BCUT2D eigenvalue weighted by Crippen LogP contribution is 2.27. The monoisotopic (exact) mass is 364 g/mol. The van der Waals surface area contributed by atoms with E-state index in [1.165, 1.54) is 6.08 Å². The number of hydrogen-bond donors (Lipinski definition) is 1. The van der Waals surface area contributed by atoms with Crippen molar-refractivity contribution in [2.45, 2.75) is 25.7 Å². The number of H-pyrrole nitrogens is 1. The summed E-state index contributed by atoms with van der Waals surface area (Å²) in [4.78, 5) is 29.3. The first-order chi connectivity index (χ1) is 13.1. The fourth-order valence-corrected chi connectivity index (χ4v) is 3.38. The molecule has 1 aromatic carbocycles. The second-order valence-electron chi connectivity index (χ2n) is 6.73. The van der Waals surface area contributed by atoms with Gasteiger partial charge in [0.05, 0.1) is 0 Å². The van der Waals surface area contributed by atoms with Crippen molar-refractivity contribution in [3.8, 4) is 0 Å². The molecule has 138 valence electrons. The number of likely N-dealkylation sites (tertiary alicyclic amines) is 1. The van der Waals surface area contributed by atoms with Gasteiger partial charge in [0.25, 0.3) is 5.56 Å². The molecule has 1 fully saturated rings. The van der Waals surface area contributed by atoms with Crippen LogP contribution in [0.1, 0.15) is 36.1 Å². The summed E-state index contributed by atoms with van der Waals surface area (Å²) < 4.78 is 5.49. The van der Waals surface area contributed by atoms with Gasteiger partial charge in [0, 0.05) is 43.1 Å². The zero-order valence-electron chi connectivity index (χ0n) is 15.0. The van der Waals surface area contributed by atoms with E-state index in [0.717, 1.165) is 23.7 Å². The Labute approximate surface area is 155 Å². The zero-order valence-corrected chi connectivity index (χ0v) is 15.0. The van der Waals surface area contributed by atoms with Crippen molar-refractivity contribution >= 4 is 22.9 Å². The van der Waals surface area contributed by atoms with Crippen LogP contribution < -0.4 is 5.56 Å². The number of para-hydroxylation sites is 1. The molecule has 1 N–H and O–H groups in total. The molecule has 7 heteroatoms. The van der Waals surface area contributed by atoms with Gasteiger partial charge in [0.1, 0.15) is 0 Å². The Morgan fingerprint density at radius 2 is 2.04 bits per heavy atom. The number of pyridine rings is 1. The molecule has 0 aliphatic carbocycles. The highest BCUT2D eigenvalue weighted by molar-refractivity contribution is 5.92. The van der Waals surface area contributed by atoms with E-state index in [-0.39, 0.29) is 17.4 Å². The normalized spacial score (nSPS) is 15.7. The Morgan fingerprint density at radius 3 is 2.78 bits per heavy atom. The first-order valence-corrected chi connectivity index (χ1v) is 8.99. The molecule has 2 aromatic heterocycles. The van der Waals surface area contributed by atoms with Crippen LogP contribution in [-0.2, 0) is 4.79 Å². The van der Waals surface area contributed by atoms with Gasteiger partial charge in [-0.1, -0.05) is 18.2 Å². The molecule has 7 nitrogen and oxygen atoms in total. The number of rotatable bonds is 3. The molecule has 0 saturated carbocycles. The van der Waals surface area contributed by atoms with Gasteiger partial charge >= 0.3 is 0 Å². The fraction of sp³-hybridized carbons (Fsp3) is 0.300. The summed E-state index contributed by atoms with van der Waals surface area (Å²) in [5.41, 5.74) is 1.05. The summed E-state index contributed by atoms with van der Waals surface area (Å²) in [6.45, 7) is 3.03. The molecular weight excluding hydrogens is 344 g/mol. The highest BCUT2D eigenvalue weighted by Gasteiger charge is 2.26. The topological polar surface area (TPSA) is 92.1 Å². The van der Waals surface area contributed by atoms with E-state index >= 15 is 0 Å². The molecule has 0 spiro atoms. The quantitative estimate of drug-likeness (QED) is 0.721. The van der Waals surface area contributed by atoms with Crippen LogP contribution in [0.2, 0.25) is 0 Å². The Balaban J connectivity index is 1.42. The summed E-state index contributed by atoms with van der Waals surface area (Å²) in [5.74, 6) is 1.31. The molecule has 4 rings (SSSR count). The molecule has 0 radical (unpaired) electrons. The van der Waals surface area contributed by atoms with Crippen LogP contribution in [0.5, 0.6) is 0 Å². The minimum atomic E-state index is -0.205. The van der Waals surface area contributed by atoms with Crippen molar-refractivity contribution in [2.75, 3.05) is 13.1 Å². The Bertz CT molecular complexity index is 1060.